The normalized spacial score (nSPS) is 11.7. The number of ketones is 1. The highest BCUT2D eigenvalue weighted by Gasteiger charge is 2.18. The molecule has 6 nitrogen and oxygen atoms in total. The number of nitrogens with zero attached hydrogens (tertiary/aromatic N) is 2. The Labute approximate surface area is 171 Å². The van der Waals surface area contributed by atoms with Crippen molar-refractivity contribution in [1.29, 1.82) is 0 Å². The van der Waals surface area contributed by atoms with Crippen LogP contribution in [0.1, 0.15) is 29.8 Å². The Balaban J connectivity index is 1.58. The van der Waals surface area contributed by atoms with Crippen molar-refractivity contribution in [2.45, 2.75) is 30.4 Å². The molecule has 3 rings (SSSR count). The van der Waals surface area contributed by atoms with Crippen molar-refractivity contribution in [2.75, 3.05) is 10.6 Å². The van der Waals surface area contributed by atoms with Crippen LogP contribution in [0, 0.1) is 6.92 Å². The summed E-state index contributed by atoms with van der Waals surface area (Å²) in [6.45, 7) is 5.34. The number of nitrogens with one attached hydrogen (secondary N) is 2. The molecule has 1 unspecified atom stereocenters. The number of amides is 1. The van der Waals surface area contributed by atoms with Gasteiger partial charge in [-0.3, -0.25) is 9.59 Å². The maximum atomic E-state index is 12.5. The van der Waals surface area contributed by atoms with Gasteiger partial charge in [0.05, 0.1) is 5.25 Å². The molecule has 0 radical (unpaired) electrons. The standard InChI is InChI=1S/C20H20N4O2S2/c1-12-7-9-16(10-8-12)22-19-23-24-20(28-19)27-14(3)18(26)21-17-6-4-5-15(11-17)13(2)25/h4-11,14H,1-3H3,(H,21,26)(H,22,23). The fraction of sp³-hybridized carbons (Fsp3) is 0.200. The van der Waals surface area contributed by atoms with Crippen molar-refractivity contribution in [3.8, 4) is 0 Å². The number of hydrogen-bond donors (Lipinski definition) is 2. The number of aryl methyl sites for hydroxylation is 1. The molecular weight excluding hydrogens is 392 g/mol. The second-order valence-electron chi connectivity index (χ2n) is 6.25. The lowest BCUT2D eigenvalue weighted by Crippen LogP contribution is -2.22. The third-order valence-corrected chi connectivity index (χ3v) is 5.92. The topological polar surface area (TPSA) is 84.0 Å². The highest BCUT2D eigenvalue weighted by atomic mass is 32.2. The molecule has 0 fully saturated rings. The van der Waals surface area contributed by atoms with Gasteiger partial charge in [0.25, 0.3) is 0 Å². The molecule has 1 atom stereocenters. The Hall–Kier alpha value is -2.71. The number of aromatic nitrogens is 2. The summed E-state index contributed by atoms with van der Waals surface area (Å²) in [5.41, 5.74) is 3.29. The van der Waals surface area contributed by atoms with Crippen molar-refractivity contribution >= 4 is 51.3 Å². The number of benzene rings is 2. The van der Waals surface area contributed by atoms with Gasteiger partial charge < -0.3 is 10.6 Å². The van der Waals surface area contributed by atoms with Crippen molar-refractivity contribution in [3.63, 3.8) is 0 Å². The first kappa shape index (κ1) is 20.0. The van der Waals surface area contributed by atoms with Crippen LogP contribution in [0.4, 0.5) is 16.5 Å². The van der Waals surface area contributed by atoms with E-state index < -0.39 is 0 Å². The molecule has 1 aromatic heterocycles. The number of Topliss-reactive ketones (excluding diaryl/α,β-unsaturated/α-hetero) is 1. The summed E-state index contributed by atoms with van der Waals surface area (Å²) in [5, 5.41) is 14.6. The molecule has 3 aromatic rings. The van der Waals surface area contributed by atoms with Crippen molar-refractivity contribution in [2.24, 2.45) is 0 Å². The number of carbonyl (C=O) groups excluding carboxylic acids is 2. The average Bonchev–Trinajstić information content (AvgIpc) is 3.10. The van der Waals surface area contributed by atoms with Gasteiger partial charge in [0.2, 0.25) is 11.0 Å². The highest BCUT2D eigenvalue weighted by Crippen LogP contribution is 2.31. The molecule has 0 aliphatic carbocycles. The van der Waals surface area contributed by atoms with Gasteiger partial charge in [0.1, 0.15) is 0 Å². The molecule has 0 saturated carbocycles. The minimum absolute atomic E-state index is 0.0408. The molecule has 2 N–H and O–H groups in total. The van der Waals surface area contributed by atoms with Crippen LogP contribution in [-0.4, -0.2) is 27.1 Å². The second-order valence-corrected chi connectivity index (χ2v) is 8.82. The van der Waals surface area contributed by atoms with Gasteiger partial charge in [-0.2, -0.15) is 0 Å². The fourth-order valence-corrected chi connectivity index (χ4v) is 4.25. The maximum Gasteiger partial charge on any atom is 0.237 e. The minimum Gasteiger partial charge on any atom is -0.330 e. The first-order valence-electron chi connectivity index (χ1n) is 8.66. The fourth-order valence-electron chi connectivity index (χ4n) is 2.33. The second kappa shape index (κ2) is 8.99. The number of thioether (sulfide) groups is 1. The zero-order valence-corrected chi connectivity index (χ0v) is 17.4. The van der Waals surface area contributed by atoms with Crippen molar-refractivity contribution in [3.05, 3.63) is 59.7 Å². The van der Waals surface area contributed by atoms with Crippen LogP contribution in [0.2, 0.25) is 0 Å². The zero-order valence-electron chi connectivity index (χ0n) is 15.7. The zero-order chi connectivity index (χ0) is 20.1. The average molecular weight is 413 g/mol. The summed E-state index contributed by atoms with van der Waals surface area (Å²) in [4.78, 5) is 23.9. The van der Waals surface area contributed by atoms with E-state index in [1.165, 1.54) is 35.6 Å². The van der Waals surface area contributed by atoms with E-state index >= 15 is 0 Å². The summed E-state index contributed by atoms with van der Waals surface area (Å²) in [7, 11) is 0. The van der Waals surface area contributed by atoms with Crippen LogP contribution >= 0.6 is 23.1 Å². The predicted molar refractivity (Wildman–Crippen MR) is 115 cm³/mol. The smallest absolute Gasteiger partial charge is 0.237 e. The lowest BCUT2D eigenvalue weighted by atomic mass is 10.1. The molecule has 1 amide bonds. The Morgan fingerprint density at radius 2 is 1.82 bits per heavy atom. The van der Waals surface area contributed by atoms with Gasteiger partial charge in [0, 0.05) is 16.9 Å². The first-order chi connectivity index (χ1) is 13.4. The molecule has 0 aliphatic rings. The summed E-state index contributed by atoms with van der Waals surface area (Å²) in [6, 6.07) is 14.9. The number of rotatable bonds is 7. The molecule has 28 heavy (non-hydrogen) atoms. The molecule has 0 aliphatic heterocycles. The van der Waals surface area contributed by atoms with Gasteiger partial charge in [-0.15, -0.1) is 10.2 Å². The molecule has 0 bridgehead atoms. The number of carbonyl (C=O) groups is 2. The molecule has 2 aromatic carbocycles. The summed E-state index contributed by atoms with van der Waals surface area (Å²) in [5.74, 6) is -0.199. The monoisotopic (exact) mass is 412 g/mol. The van der Waals surface area contributed by atoms with Gasteiger partial charge in [-0.1, -0.05) is 52.9 Å². The van der Waals surface area contributed by atoms with E-state index in [0.717, 1.165) is 5.69 Å². The highest BCUT2D eigenvalue weighted by molar-refractivity contribution is 8.02. The van der Waals surface area contributed by atoms with Gasteiger partial charge in [-0.05, 0) is 45.0 Å². The molecule has 0 saturated heterocycles. The number of hydrogen-bond acceptors (Lipinski definition) is 7. The Kier molecular flexibility index (Phi) is 6.43. The Bertz CT molecular complexity index is 986. The Morgan fingerprint density at radius 1 is 1.07 bits per heavy atom. The van der Waals surface area contributed by atoms with E-state index in [-0.39, 0.29) is 16.9 Å². The summed E-state index contributed by atoms with van der Waals surface area (Å²) < 4.78 is 0.703. The molecule has 8 heteroatoms. The summed E-state index contributed by atoms with van der Waals surface area (Å²) >= 11 is 2.74. The molecular formula is C20H20N4O2S2. The van der Waals surface area contributed by atoms with Crippen LogP contribution in [0.15, 0.2) is 52.9 Å². The van der Waals surface area contributed by atoms with Crippen LogP contribution in [0.3, 0.4) is 0 Å². The minimum atomic E-state index is -0.360. The van der Waals surface area contributed by atoms with Crippen LogP contribution in [0.5, 0.6) is 0 Å². The van der Waals surface area contributed by atoms with E-state index in [9.17, 15) is 9.59 Å². The first-order valence-corrected chi connectivity index (χ1v) is 10.4. The SMILES string of the molecule is CC(=O)c1cccc(NC(=O)C(C)Sc2nnc(Nc3ccc(C)cc3)s2)c1. The summed E-state index contributed by atoms with van der Waals surface area (Å²) in [6.07, 6.45) is 0. The van der Waals surface area contributed by atoms with E-state index in [1.807, 2.05) is 38.1 Å². The maximum absolute atomic E-state index is 12.5. The lowest BCUT2D eigenvalue weighted by Gasteiger charge is -2.10. The van der Waals surface area contributed by atoms with Crippen molar-refractivity contribution < 1.29 is 9.59 Å². The van der Waals surface area contributed by atoms with Crippen molar-refractivity contribution in [1.82, 2.24) is 10.2 Å². The third kappa shape index (κ3) is 5.40. The van der Waals surface area contributed by atoms with Crippen LogP contribution in [0.25, 0.3) is 0 Å². The van der Waals surface area contributed by atoms with Crippen LogP contribution < -0.4 is 10.6 Å². The predicted octanol–water partition coefficient (Wildman–Crippen LogP) is 4.91. The van der Waals surface area contributed by atoms with Gasteiger partial charge >= 0.3 is 0 Å². The van der Waals surface area contributed by atoms with Crippen LogP contribution in [-0.2, 0) is 4.79 Å². The molecule has 1 heterocycles. The third-order valence-electron chi connectivity index (χ3n) is 3.89. The van der Waals surface area contributed by atoms with E-state index in [0.29, 0.717) is 20.7 Å². The van der Waals surface area contributed by atoms with Gasteiger partial charge in [0.15, 0.2) is 10.1 Å². The quantitative estimate of drug-likeness (QED) is 0.424. The molecule has 0 spiro atoms. The molecule has 144 valence electrons. The lowest BCUT2D eigenvalue weighted by molar-refractivity contribution is -0.115. The number of anilines is 3. The van der Waals surface area contributed by atoms with E-state index in [1.54, 1.807) is 24.3 Å². The van der Waals surface area contributed by atoms with E-state index in [2.05, 4.69) is 20.8 Å². The van der Waals surface area contributed by atoms with E-state index in [4.69, 9.17) is 0 Å². The largest absolute Gasteiger partial charge is 0.330 e. The Morgan fingerprint density at radius 3 is 2.54 bits per heavy atom. The van der Waals surface area contributed by atoms with Gasteiger partial charge in [-0.25, -0.2) is 0 Å².